The molecule has 0 aliphatic rings. The molecule has 0 atom stereocenters. The molecular weight excluding hydrogens is 502 g/mol. The predicted octanol–water partition coefficient (Wildman–Crippen LogP) is 3.48. The van der Waals surface area contributed by atoms with Gasteiger partial charge in [-0.1, -0.05) is 11.6 Å². The summed E-state index contributed by atoms with van der Waals surface area (Å²) >= 11 is 6.10. The van der Waals surface area contributed by atoms with Crippen LogP contribution in [0.25, 0.3) is 5.69 Å². The largest absolute Gasteiger partial charge is 0.463 e. The van der Waals surface area contributed by atoms with Crippen LogP contribution >= 0.6 is 11.6 Å². The van der Waals surface area contributed by atoms with E-state index in [9.17, 15) is 31.9 Å². The number of rotatable bonds is 7. The van der Waals surface area contributed by atoms with Crippen LogP contribution in [0.4, 0.5) is 17.6 Å². The number of benzene rings is 1. The van der Waals surface area contributed by atoms with Crippen LogP contribution in [0.5, 0.6) is 17.4 Å². The second-order valence-corrected chi connectivity index (χ2v) is 7.19. The van der Waals surface area contributed by atoms with Crippen LogP contribution < -0.4 is 20.7 Å². The van der Waals surface area contributed by atoms with Crippen LogP contribution in [0.3, 0.4) is 0 Å². The van der Waals surface area contributed by atoms with Gasteiger partial charge in [-0.05, 0) is 25.1 Å². The minimum absolute atomic E-state index is 0.110. The van der Waals surface area contributed by atoms with Crippen molar-refractivity contribution >= 4 is 17.6 Å². The van der Waals surface area contributed by atoms with E-state index in [1.165, 1.54) is 18.3 Å². The number of hydrogen-bond donors (Lipinski definition) is 0. The number of hydrogen-bond acceptors (Lipinski definition) is 7. The summed E-state index contributed by atoms with van der Waals surface area (Å²) in [5.74, 6) is -2.55. The van der Waals surface area contributed by atoms with Crippen molar-refractivity contribution in [2.24, 2.45) is 7.05 Å². The van der Waals surface area contributed by atoms with Crippen molar-refractivity contribution in [3.8, 4) is 23.1 Å². The van der Waals surface area contributed by atoms with Gasteiger partial charge in [0.25, 0.3) is 11.4 Å². The summed E-state index contributed by atoms with van der Waals surface area (Å²) in [6.07, 6.45) is -3.69. The molecule has 0 aliphatic heterocycles. The lowest BCUT2D eigenvalue weighted by Gasteiger charge is -2.18. The molecule has 1 aromatic carbocycles. The maximum absolute atomic E-state index is 14.2. The monoisotopic (exact) mass is 517 g/mol. The van der Waals surface area contributed by atoms with E-state index in [4.69, 9.17) is 25.8 Å². The molecule has 14 heteroatoms. The molecule has 0 radical (unpaired) electrons. The molecule has 0 aliphatic carbocycles. The Morgan fingerprint density at radius 2 is 1.91 bits per heavy atom. The Morgan fingerprint density at radius 3 is 2.57 bits per heavy atom. The van der Waals surface area contributed by atoms with Gasteiger partial charge in [0.2, 0.25) is 0 Å². The number of nitrogens with zero attached hydrogens (tertiary/aromatic N) is 3. The zero-order chi connectivity index (χ0) is 25.9. The predicted molar refractivity (Wildman–Crippen MR) is 114 cm³/mol. The molecule has 0 bridgehead atoms. The van der Waals surface area contributed by atoms with Crippen molar-refractivity contribution in [3.05, 3.63) is 73.9 Å². The topological polar surface area (TPSA) is 102 Å². The highest BCUT2D eigenvalue weighted by Gasteiger charge is 2.35. The lowest BCUT2D eigenvalue weighted by Crippen LogP contribution is -2.40. The number of esters is 1. The fourth-order valence-corrected chi connectivity index (χ4v) is 3.17. The summed E-state index contributed by atoms with van der Waals surface area (Å²) in [4.78, 5) is 40.7. The van der Waals surface area contributed by atoms with Gasteiger partial charge in [0.1, 0.15) is 17.2 Å². The zero-order valence-electron chi connectivity index (χ0n) is 18.1. The number of halogens is 5. The second-order valence-electron chi connectivity index (χ2n) is 6.78. The third-order valence-electron chi connectivity index (χ3n) is 4.42. The summed E-state index contributed by atoms with van der Waals surface area (Å²) in [7, 11) is 0.797. The van der Waals surface area contributed by atoms with E-state index in [0.717, 1.165) is 13.1 Å². The standard InChI is InChI=1S/C21H16ClF4N3O6/c1-3-33-17(31)10-34-19-14(5-4-6-27-19)35-18-12(22)7-11(23)8-13(18)29-16(30)9-15(21(24,25)26)28(2)20(29)32/h4-9H,3,10H2,1-2H3. The molecule has 186 valence electrons. The first-order valence-electron chi connectivity index (χ1n) is 9.75. The van der Waals surface area contributed by atoms with Crippen molar-refractivity contribution in [2.45, 2.75) is 13.1 Å². The van der Waals surface area contributed by atoms with E-state index in [-0.39, 0.29) is 33.4 Å². The Labute approximate surface area is 199 Å². The van der Waals surface area contributed by atoms with Gasteiger partial charge in [0.05, 0.1) is 11.6 Å². The Balaban J connectivity index is 2.13. The second kappa shape index (κ2) is 10.2. The number of ether oxygens (including phenoxy) is 3. The van der Waals surface area contributed by atoms with Gasteiger partial charge in [-0.3, -0.25) is 9.36 Å². The summed E-state index contributed by atoms with van der Waals surface area (Å²) in [6, 6.07) is 4.40. The van der Waals surface area contributed by atoms with Crippen molar-refractivity contribution in [1.82, 2.24) is 14.1 Å². The maximum atomic E-state index is 14.2. The lowest BCUT2D eigenvalue weighted by atomic mass is 10.2. The van der Waals surface area contributed by atoms with Gasteiger partial charge >= 0.3 is 17.8 Å². The molecule has 9 nitrogen and oxygen atoms in total. The third kappa shape index (κ3) is 5.62. The fourth-order valence-electron chi connectivity index (χ4n) is 2.94. The van der Waals surface area contributed by atoms with Crippen LogP contribution in [0.1, 0.15) is 12.6 Å². The summed E-state index contributed by atoms with van der Waals surface area (Å²) < 4.78 is 69.9. The normalized spacial score (nSPS) is 11.3. The molecule has 2 heterocycles. The molecule has 0 unspecified atom stereocenters. The Morgan fingerprint density at radius 1 is 1.20 bits per heavy atom. The Bertz CT molecular complexity index is 1390. The highest BCUT2D eigenvalue weighted by atomic mass is 35.5. The molecule has 0 saturated carbocycles. The van der Waals surface area contributed by atoms with Gasteiger partial charge in [-0.15, -0.1) is 0 Å². The minimum Gasteiger partial charge on any atom is -0.463 e. The van der Waals surface area contributed by atoms with Crippen LogP contribution in [0.15, 0.2) is 46.1 Å². The van der Waals surface area contributed by atoms with E-state index in [0.29, 0.717) is 6.07 Å². The smallest absolute Gasteiger partial charge is 0.431 e. The summed E-state index contributed by atoms with van der Waals surface area (Å²) in [5.41, 5.74) is -4.91. The molecule has 3 rings (SSSR count). The van der Waals surface area contributed by atoms with Crippen LogP contribution in [0, 0.1) is 5.82 Å². The third-order valence-corrected chi connectivity index (χ3v) is 4.70. The van der Waals surface area contributed by atoms with E-state index in [1.54, 1.807) is 6.92 Å². The van der Waals surface area contributed by atoms with Gasteiger partial charge in [0, 0.05) is 25.4 Å². The summed E-state index contributed by atoms with van der Waals surface area (Å²) in [6.45, 7) is 1.17. The first kappa shape index (κ1) is 25.7. The molecule has 0 N–H and O–H groups in total. The number of alkyl halides is 3. The number of carbonyl (C=O) groups excluding carboxylic acids is 1. The number of aromatic nitrogens is 3. The Kier molecular flexibility index (Phi) is 7.48. The molecule has 0 fully saturated rings. The SMILES string of the molecule is CCOC(=O)COc1ncccc1Oc1c(Cl)cc(F)cc1-n1c(=O)cc(C(F)(F)F)n(C)c1=O. The highest BCUT2D eigenvalue weighted by Crippen LogP contribution is 2.38. The average molecular weight is 518 g/mol. The quantitative estimate of drug-likeness (QED) is 0.349. The molecule has 0 spiro atoms. The summed E-state index contributed by atoms with van der Waals surface area (Å²) in [5, 5.41) is -0.422. The first-order chi connectivity index (χ1) is 16.4. The number of pyridine rings is 1. The fraction of sp³-hybridized carbons (Fsp3) is 0.238. The first-order valence-corrected chi connectivity index (χ1v) is 10.1. The van der Waals surface area contributed by atoms with Crippen LogP contribution in [-0.4, -0.2) is 33.3 Å². The lowest BCUT2D eigenvalue weighted by molar-refractivity contribution is -0.145. The van der Waals surface area contributed by atoms with Crippen molar-refractivity contribution < 1.29 is 36.6 Å². The zero-order valence-corrected chi connectivity index (χ0v) is 18.8. The number of carbonyl (C=O) groups is 1. The molecule has 0 amide bonds. The van der Waals surface area contributed by atoms with Gasteiger partial charge in [0.15, 0.2) is 18.1 Å². The molecule has 3 aromatic rings. The van der Waals surface area contributed by atoms with Crippen LogP contribution in [0.2, 0.25) is 5.02 Å². The molecule has 35 heavy (non-hydrogen) atoms. The average Bonchev–Trinajstić information content (AvgIpc) is 2.77. The van der Waals surface area contributed by atoms with E-state index in [1.807, 2.05) is 0 Å². The van der Waals surface area contributed by atoms with Crippen molar-refractivity contribution in [3.63, 3.8) is 0 Å². The van der Waals surface area contributed by atoms with Crippen molar-refractivity contribution in [1.29, 1.82) is 0 Å². The maximum Gasteiger partial charge on any atom is 0.431 e. The van der Waals surface area contributed by atoms with Gasteiger partial charge in [-0.2, -0.15) is 13.2 Å². The minimum atomic E-state index is -4.99. The Hall–Kier alpha value is -3.87. The van der Waals surface area contributed by atoms with Gasteiger partial charge < -0.3 is 14.2 Å². The van der Waals surface area contributed by atoms with Crippen LogP contribution in [-0.2, 0) is 22.8 Å². The van der Waals surface area contributed by atoms with E-state index >= 15 is 0 Å². The molecular formula is C21H16ClF4N3O6. The highest BCUT2D eigenvalue weighted by molar-refractivity contribution is 6.32. The van der Waals surface area contributed by atoms with Crippen molar-refractivity contribution in [2.75, 3.05) is 13.2 Å². The molecule has 2 aromatic heterocycles. The van der Waals surface area contributed by atoms with E-state index in [2.05, 4.69) is 4.98 Å². The van der Waals surface area contributed by atoms with E-state index < -0.39 is 58.0 Å². The van der Waals surface area contributed by atoms with Gasteiger partial charge in [-0.25, -0.2) is 23.5 Å². The molecule has 0 saturated heterocycles.